The average Bonchev–Trinajstić information content (AvgIpc) is 2.89. The lowest BCUT2D eigenvalue weighted by atomic mass is 10.1. The molecule has 1 aliphatic carbocycles. The molecule has 2 aliphatic rings. The molecule has 5 heteroatoms. The molecule has 1 aliphatic heterocycles. The third-order valence-electron chi connectivity index (χ3n) is 4.30. The maximum atomic E-state index is 12.0. The number of carbonyl (C=O) groups is 1. The van der Waals surface area contributed by atoms with E-state index in [-0.39, 0.29) is 24.4 Å². The van der Waals surface area contributed by atoms with E-state index in [2.05, 4.69) is 0 Å². The summed E-state index contributed by atoms with van der Waals surface area (Å²) >= 11 is 0. The first-order chi connectivity index (χ1) is 9.15. The van der Waals surface area contributed by atoms with Gasteiger partial charge in [0, 0.05) is 25.6 Å². The van der Waals surface area contributed by atoms with Gasteiger partial charge in [0.25, 0.3) is 0 Å². The lowest BCUT2D eigenvalue weighted by Gasteiger charge is -2.33. The van der Waals surface area contributed by atoms with Crippen LogP contribution >= 0.6 is 12.4 Å². The van der Waals surface area contributed by atoms with Crippen molar-refractivity contribution in [1.29, 1.82) is 0 Å². The van der Waals surface area contributed by atoms with E-state index in [0.29, 0.717) is 18.6 Å². The van der Waals surface area contributed by atoms with E-state index in [1.807, 2.05) is 11.8 Å². The predicted molar refractivity (Wildman–Crippen MR) is 83.1 cm³/mol. The summed E-state index contributed by atoms with van der Waals surface area (Å²) in [4.78, 5) is 14.0. The van der Waals surface area contributed by atoms with Crippen molar-refractivity contribution < 1.29 is 9.53 Å². The van der Waals surface area contributed by atoms with Gasteiger partial charge in [-0.15, -0.1) is 12.4 Å². The number of rotatable bonds is 5. The van der Waals surface area contributed by atoms with Crippen LogP contribution in [0.3, 0.4) is 0 Å². The van der Waals surface area contributed by atoms with Crippen molar-refractivity contribution in [2.75, 3.05) is 13.1 Å². The third-order valence-corrected chi connectivity index (χ3v) is 4.30. The fraction of sp³-hybridized carbons (Fsp3) is 0.933. The second-order valence-electron chi connectivity index (χ2n) is 6.14. The molecule has 1 heterocycles. The maximum Gasteiger partial charge on any atom is 0.222 e. The average molecular weight is 305 g/mol. The van der Waals surface area contributed by atoms with Crippen LogP contribution in [0.5, 0.6) is 0 Å². The Morgan fingerprint density at radius 1 is 1.20 bits per heavy atom. The molecular weight excluding hydrogens is 276 g/mol. The number of nitrogens with two attached hydrogens (primary N) is 1. The van der Waals surface area contributed by atoms with Crippen LogP contribution in [0.15, 0.2) is 0 Å². The summed E-state index contributed by atoms with van der Waals surface area (Å²) in [5.74, 6) is 0.261. The molecule has 0 radical (unpaired) electrons. The van der Waals surface area contributed by atoms with E-state index in [9.17, 15) is 4.79 Å². The third kappa shape index (κ3) is 5.58. The highest BCUT2D eigenvalue weighted by molar-refractivity contribution is 5.85. The largest absolute Gasteiger partial charge is 0.375 e. The van der Waals surface area contributed by atoms with Gasteiger partial charge in [-0.25, -0.2) is 0 Å². The number of hydrogen-bond acceptors (Lipinski definition) is 3. The standard InChI is InChI=1S/C15H28N2O2.ClH/c1-12(16)6-7-15(18)17-10-8-14(9-11-17)19-13-4-2-3-5-13;/h12-14H,2-11,16H2,1H3;1H. The highest BCUT2D eigenvalue weighted by atomic mass is 35.5. The molecule has 1 saturated heterocycles. The van der Waals surface area contributed by atoms with Gasteiger partial charge in [-0.1, -0.05) is 12.8 Å². The first-order valence-corrected chi connectivity index (χ1v) is 7.84. The Kier molecular flexibility index (Phi) is 7.85. The first-order valence-electron chi connectivity index (χ1n) is 7.84. The Balaban J connectivity index is 0.00000200. The Labute approximate surface area is 128 Å². The molecule has 0 aromatic carbocycles. The minimum atomic E-state index is 0. The summed E-state index contributed by atoms with van der Waals surface area (Å²) in [5, 5.41) is 0. The van der Waals surface area contributed by atoms with Crippen molar-refractivity contribution in [3.63, 3.8) is 0 Å². The topological polar surface area (TPSA) is 55.6 Å². The number of ether oxygens (including phenoxy) is 1. The van der Waals surface area contributed by atoms with Gasteiger partial charge in [-0.05, 0) is 39.0 Å². The van der Waals surface area contributed by atoms with Gasteiger partial charge in [-0.2, -0.15) is 0 Å². The number of nitrogens with zero attached hydrogens (tertiary/aromatic N) is 1. The van der Waals surface area contributed by atoms with Crippen molar-refractivity contribution in [2.45, 2.75) is 76.5 Å². The molecule has 118 valence electrons. The zero-order chi connectivity index (χ0) is 13.7. The van der Waals surface area contributed by atoms with E-state index in [1.165, 1.54) is 25.7 Å². The van der Waals surface area contributed by atoms with Crippen molar-refractivity contribution in [1.82, 2.24) is 4.90 Å². The molecule has 0 aromatic heterocycles. The zero-order valence-electron chi connectivity index (χ0n) is 12.6. The normalized spacial score (nSPS) is 22.6. The summed E-state index contributed by atoms with van der Waals surface area (Å²) in [6.07, 6.45) is 9.34. The smallest absolute Gasteiger partial charge is 0.222 e. The second kappa shape index (κ2) is 8.85. The van der Waals surface area contributed by atoms with Crippen LogP contribution in [0.1, 0.15) is 58.3 Å². The maximum absolute atomic E-state index is 12.0. The fourth-order valence-corrected chi connectivity index (χ4v) is 3.05. The van der Waals surface area contributed by atoms with Crippen LogP contribution in [0.2, 0.25) is 0 Å². The Bertz CT molecular complexity index is 286. The number of likely N-dealkylation sites (tertiary alicyclic amines) is 1. The quantitative estimate of drug-likeness (QED) is 0.849. The van der Waals surface area contributed by atoms with E-state index >= 15 is 0 Å². The van der Waals surface area contributed by atoms with Crippen LogP contribution < -0.4 is 5.73 Å². The summed E-state index contributed by atoms with van der Waals surface area (Å²) in [6.45, 7) is 3.67. The lowest BCUT2D eigenvalue weighted by Crippen LogP contribution is -2.41. The van der Waals surface area contributed by atoms with Crippen molar-refractivity contribution in [3.05, 3.63) is 0 Å². The molecule has 1 atom stereocenters. The SMILES string of the molecule is CC(N)CCC(=O)N1CCC(OC2CCCC2)CC1.Cl. The Hall–Kier alpha value is -0.320. The second-order valence-corrected chi connectivity index (χ2v) is 6.14. The number of piperidine rings is 1. The number of amides is 1. The molecular formula is C15H29ClN2O2. The highest BCUT2D eigenvalue weighted by Gasteiger charge is 2.26. The lowest BCUT2D eigenvalue weighted by molar-refractivity contribution is -0.134. The van der Waals surface area contributed by atoms with Gasteiger partial charge in [0.15, 0.2) is 0 Å². The molecule has 1 unspecified atom stereocenters. The molecule has 1 saturated carbocycles. The van der Waals surface area contributed by atoms with Gasteiger partial charge in [0.2, 0.25) is 5.91 Å². The summed E-state index contributed by atoms with van der Waals surface area (Å²) < 4.78 is 6.12. The molecule has 2 fully saturated rings. The zero-order valence-corrected chi connectivity index (χ0v) is 13.4. The molecule has 2 rings (SSSR count). The van der Waals surface area contributed by atoms with E-state index in [4.69, 9.17) is 10.5 Å². The van der Waals surface area contributed by atoms with Gasteiger partial charge in [0.1, 0.15) is 0 Å². The molecule has 0 aromatic rings. The molecule has 4 nitrogen and oxygen atoms in total. The monoisotopic (exact) mass is 304 g/mol. The van der Waals surface area contributed by atoms with E-state index < -0.39 is 0 Å². The first kappa shape index (κ1) is 17.7. The number of carbonyl (C=O) groups excluding carboxylic acids is 1. The van der Waals surface area contributed by atoms with Crippen LogP contribution in [0.25, 0.3) is 0 Å². The minimum Gasteiger partial charge on any atom is -0.375 e. The summed E-state index contributed by atoms with van der Waals surface area (Å²) in [5.41, 5.74) is 5.69. The molecule has 2 N–H and O–H groups in total. The fourth-order valence-electron chi connectivity index (χ4n) is 3.05. The minimum absolute atomic E-state index is 0. The molecule has 20 heavy (non-hydrogen) atoms. The molecule has 0 bridgehead atoms. The van der Waals surface area contributed by atoms with Crippen LogP contribution in [0, 0.1) is 0 Å². The van der Waals surface area contributed by atoms with Crippen LogP contribution in [-0.2, 0) is 9.53 Å². The van der Waals surface area contributed by atoms with Crippen LogP contribution in [-0.4, -0.2) is 42.1 Å². The Morgan fingerprint density at radius 2 is 1.75 bits per heavy atom. The number of halogens is 1. The van der Waals surface area contributed by atoms with Crippen molar-refractivity contribution in [2.24, 2.45) is 5.73 Å². The molecule has 1 amide bonds. The number of hydrogen-bond donors (Lipinski definition) is 1. The van der Waals surface area contributed by atoms with Crippen molar-refractivity contribution in [3.8, 4) is 0 Å². The van der Waals surface area contributed by atoms with E-state index in [0.717, 1.165) is 32.4 Å². The van der Waals surface area contributed by atoms with Gasteiger partial charge < -0.3 is 15.4 Å². The van der Waals surface area contributed by atoms with Gasteiger partial charge >= 0.3 is 0 Å². The summed E-state index contributed by atoms with van der Waals surface area (Å²) in [7, 11) is 0. The predicted octanol–water partition coefficient (Wildman–Crippen LogP) is 2.49. The molecule has 0 spiro atoms. The van der Waals surface area contributed by atoms with Gasteiger partial charge in [0.05, 0.1) is 12.2 Å². The Morgan fingerprint density at radius 3 is 2.30 bits per heavy atom. The van der Waals surface area contributed by atoms with Crippen molar-refractivity contribution >= 4 is 18.3 Å². The van der Waals surface area contributed by atoms with Gasteiger partial charge in [-0.3, -0.25) is 4.79 Å². The van der Waals surface area contributed by atoms with E-state index in [1.54, 1.807) is 0 Å². The van der Waals surface area contributed by atoms with Crippen LogP contribution in [0.4, 0.5) is 0 Å². The summed E-state index contributed by atoms with van der Waals surface area (Å²) in [6, 6.07) is 0.118. The highest BCUT2D eigenvalue weighted by Crippen LogP contribution is 2.25.